The molecule has 0 saturated carbocycles. The van der Waals surface area contributed by atoms with Crippen LogP contribution in [0.2, 0.25) is 0 Å². The van der Waals surface area contributed by atoms with Gasteiger partial charge in [0.15, 0.2) is 6.79 Å². The van der Waals surface area contributed by atoms with E-state index in [-0.39, 0.29) is 19.2 Å². The molecule has 0 aliphatic heterocycles. The minimum absolute atomic E-state index is 0.149. The number of benzene rings is 3. The van der Waals surface area contributed by atoms with E-state index >= 15 is 0 Å². The van der Waals surface area contributed by atoms with E-state index in [1.807, 2.05) is 24.3 Å². The van der Waals surface area contributed by atoms with Crippen LogP contribution >= 0.6 is 0 Å². The molecule has 0 aliphatic carbocycles. The first-order valence-corrected chi connectivity index (χ1v) is 11.3. The molecule has 0 N–H and O–H groups in total. The summed E-state index contributed by atoms with van der Waals surface area (Å²) in [5.41, 5.74) is 5.86. The van der Waals surface area contributed by atoms with E-state index in [1.165, 1.54) is 6.07 Å². The van der Waals surface area contributed by atoms with E-state index in [0.717, 1.165) is 33.6 Å². The maximum absolute atomic E-state index is 14.4. The van der Waals surface area contributed by atoms with Crippen LogP contribution in [0.1, 0.15) is 35.6 Å². The van der Waals surface area contributed by atoms with Gasteiger partial charge in [-0.05, 0) is 84.8 Å². The third-order valence-electron chi connectivity index (χ3n) is 5.40. The highest BCUT2D eigenvalue weighted by Crippen LogP contribution is 2.32. The summed E-state index contributed by atoms with van der Waals surface area (Å²) < 4.78 is 35.7. The number of ether oxygens (including phenoxy) is 4. The van der Waals surface area contributed by atoms with Crippen LogP contribution in [-0.4, -0.2) is 26.5 Å². The molecule has 0 aliphatic rings. The summed E-state index contributed by atoms with van der Waals surface area (Å²) in [5, 5.41) is 0. The largest absolute Gasteiger partial charge is 0.489 e. The number of carbonyl (C=O) groups is 1. The van der Waals surface area contributed by atoms with E-state index in [0.29, 0.717) is 30.9 Å². The van der Waals surface area contributed by atoms with Crippen molar-refractivity contribution in [3.05, 3.63) is 82.7 Å². The van der Waals surface area contributed by atoms with E-state index in [2.05, 4.69) is 26.0 Å². The van der Waals surface area contributed by atoms with Crippen molar-refractivity contribution in [2.75, 3.05) is 20.5 Å². The van der Waals surface area contributed by atoms with Crippen molar-refractivity contribution in [2.24, 2.45) is 0 Å². The van der Waals surface area contributed by atoms with Gasteiger partial charge >= 0.3 is 5.97 Å². The molecular weight excluding hydrogens is 435 g/mol. The number of rotatable bonds is 11. The van der Waals surface area contributed by atoms with E-state index in [1.54, 1.807) is 26.2 Å². The summed E-state index contributed by atoms with van der Waals surface area (Å²) in [4.78, 5) is 11.5. The Hall–Kier alpha value is -3.38. The molecule has 3 aromatic rings. The van der Waals surface area contributed by atoms with Crippen LogP contribution in [0, 0.1) is 19.7 Å². The molecule has 0 heterocycles. The zero-order valence-corrected chi connectivity index (χ0v) is 20.2. The Kier molecular flexibility index (Phi) is 9.05. The quantitative estimate of drug-likeness (QED) is 0.250. The second-order valence-corrected chi connectivity index (χ2v) is 8.03. The molecule has 0 radical (unpaired) electrons. The van der Waals surface area contributed by atoms with Crippen LogP contribution in [-0.2, 0) is 27.3 Å². The van der Waals surface area contributed by atoms with Crippen LogP contribution < -0.4 is 9.47 Å². The molecule has 0 spiro atoms. The number of hydrogen-bond acceptors (Lipinski definition) is 5. The van der Waals surface area contributed by atoms with Gasteiger partial charge in [0.2, 0.25) is 0 Å². The molecule has 0 bridgehead atoms. The second kappa shape index (κ2) is 12.2. The van der Waals surface area contributed by atoms with Gasteiger partial charge in [-0.25, -0.2) is 4.39 Å². The van der Waals surface area contributed by atoms with Crippen molar-refractivity contribution in [2.45, 2.75) is 40.2 Å². The topological polar surface area (TPSA) is 54.0 Å². The van der Waals surface area contributed by atoms with Gasteiger partial charge in [-0.15, -0.1) is 0 Å². The lowest BCUT2D eigenvalue weighted by atomic mass is 9.94. The van der Waals surface area contributed by atoms with Gasteiger partial charge in [-0.1, -0.05) is 24.3 Å². The molecule has 0 fully saturated rings. The molecule has 0 atom stereocenters. The Balaban J connectivity index is 1.67. The zero-order valence-electron chi connectivity index (χ0n) is 20.2. The fourth-order valence-electron chi connectivity index (χ4n) is 3.86. The minimum Gasteiger partial charge on any atom is -0.489 e. The Morgan fingerprint density at radius 3 is 2.38 bits per heavy atom. The van der Waals surface area contributed by atoms with Gasteiger partial charge in [0.25, 0.3) is 0 Å². The molecule has 34 heavy (non-hydrogen) atoms. The molecule has 0 saturated heterocycles. The van der Waals surface area contributed by atoms with E-state index in [4.69, 9.17) is 18.9 Å². The highest BCUT2D eigenvalue weighted by atomic mass is 19.1. The number of halogens is 1. The average Bonchev–Trinajstić information content (AvgIpc) is 2.81. The monoisotopic (exact) mass is 466 g/mol. The fourth-order valence-corrected chi connectivity index (χ4v) is 3.86. The van der Waals surface area contributed by atoms with Gasteiger partial charge < -0.3 is 18.9 Å². The van der Waals surface area contributed by atoms with Gasteiger partial charge in [0, 0.05) is 19.6 Å². The molecule has 6 heteroatoms. The van der Waals surface area contributed by atoms with Crippen molar-refractivity contribution < 1.29 is 28.1 Å². The van der Waals surface area contributed by atoms with Crippen LogP contribution in [0.15, 0.2) is 54.6 Å². The van der Waals surface area contributed by atoms with Gasteiger partial charge in [-0.2, -0.15) is 0 Å². The third kappa shape index (κ3) is 6.81. The summed E-state index contributed by atoms with van der Waals surface area (Å²) in [6.07, 6.45) is 0.442. The summed E-state index contributed by atoms with van der Waals surface area (Å²) in [6.45, 7) is 6.69. The number of aryl methyl sites for hydroxylation is 3. The molecule has 0 aromatic heterocycles. The predicted molar refractivity (Wildman–Crippen MR) is 130 cm³/mol. The summed E-state index contributed by atoms with van der Waals surface area (Å²) >= 11 is 0. The van der Waals surface area contributed by atoms with E-state index < -0.39 is 5.82 Å². The fraction of sp³-hybridized carbons (Fsp3) is 0.321. The highest BCUT2D eigenvalue weighted by molar-refractivity contribution is 5.72. The Bertz CT molecular complexity index is 1100. The maximum Gasteiger partial charge on any atom is 0.306 e. The third-order valence-corrected chi connectivity index (χ3v) is 5.40. The molecule has 0 unspecified atom stereocenters. The van der Waals surface area contributed by atoms with E-state index in [9.17, 15) is 9.18 Å². The summed E-state index contributed by atoms with van der Waals surface area (Å²) in [6, 6.07) is 16.8. The Labute approximate surface area is 200 Å². The maximum atomic E-state index is 14.4. The van der Waals surface area contributed by atoms with Gasteiger partial charge in [-0.3, -0.25) is 4.79 Å². The van der Waals surface area contributed by atoms with Gasteiger partial charge in [0.05, 0.1) is 6.61 Å². The molecular formula is C28H31FO5. The lowest BCUT2D eigenvalue weighted by Gasteiger charge is -2.15. The number of hydrogen-bond donors (Lipinski definition) is 0. The normalized spacial score (nSPS) is 10.7. The first-order valence-electron chi connectivity index (χ1n) is 11.3. The lowest BCUT2D eigenvalue weighted by Crippen LogP contribution is -2.06. The molecule has 0 amide bonds. The van der Waals surface area contributed by atoms with Crippen LogP contribution in [0.25, 0.3) is 11.1 Å². The van der Waals surface area contributed by atoms with Crippen molar-refractivity contribution >= 4 is 5.97 Å². The average molecular weight is 467 g/mol. The molecule has 180 valence electrons. The number of esters is 1. The Morgan fingerprint density at radius 1 is 0.941 bits per heavy atom. The number of carbonyl (C=O) groups excluding carboxylic acids is 1. The van der Waals surface area contributed by atoms with Crippen LogP contribution in [0.3, 0.4) is 0 Å². The van der Waals surface area contributed by atoms with Crippen molar-refractivity contribution in [3.8, 4) is 22.6 Å². The highest BCUT2D eigenvalue weighted by Gasteiger charge is 2.11. The van der Waals surface area contributed by atoms with Crippen LogP contribution in [0.5, 0.6) is 11.5 Å². The van der Waals surface area contributed by atoms with Crippen molar-refractivity contribution in [3.63, 3.8) is 0 Å². The van der Waals surface area contributed by atoms with Crippen molar-refractivity contribution in [1.82, 2.24) is 0 Å². The zero-order chi connectivity index (χ0) is 24.5. The second-order valence-electron chi connectivity index (χ2n) is 8.03. The first kappa shape index (κ1) is 25.2. The smallest absolute Gasteiger partial charge is 0.306 e. The first-order chi connectivity index (χ1) is 16.4. The lowest BCUT2D eigenvalue weighted by molar-refractivity contribution is -0.143. The van der Waals surface area contributed by atoms with Crippen molar-refractivity contribution in [1.29, 1.82) is 0 Å². The number of methoxy groups -OCH3 is 1. The predicted octanol–water partition coefficient (Wildman–Crippen LogP) is 6.17. The molecule has 5 nitrogen and oxygen atoms in total. The molecule has 3 aromatic carbocycles. The standard InChI is InChI=1S/C28H31FO5/c1-5-32-27(30)12-10-22-9-11-24(16-26(22)29)33-17-21-7-6-8-23(15-21)28-19(2)13-25(14-20(28)3)34-18-31-4/h6-9,11,13-16H,5,10,12,17-18H2,1-4H3. The Morgan fingerprint density at radius 2 is 1.71 bits per heavy atom. The summed E-state index contributed by atoms with van der Waals surface area (Å²) in [5.74, 6) is 0.491. The molecule has 3 rings (SSSR count). The SMILES string of the molecule is CCOC(=O)CCc1ccc(OCc2cccc(-c3c(C)cc(OCOC)cc3C)c2)cc1F. The van der Waals surface area contributed by atoms with Gasteiger partial charge in [0.1, 0.15) is 23.9 Å². The van der Waals surface area contributed by atoms with Crippen LogP contribution in [0.4, 0.5) is 4.39 Å². The summed E-state index contributed by atoms with van der Waals surface area (Å²) in [7, 11) is 1.59. The minimum atomic E-state index is -0.391.